The van der Waals surface area contributed by atoms with Gasteiger partial charge in [0.25, 0.3) is 0 Å². The number of hydrogen-bond acceptors (Lipinski definition) is 2. The minimum Gasteiger partial charge on any atom is -0.335 e. The second kappa shape index (κ2) is 6.63. The quantitative estimate of drug-likeness (QED) is 0.703. The lowest BCUT2D eigenvalue weighted by atomic mass is 10.1. The zero-order chi connectivity index (χ0) is 17.2. The SMILES string of the molecule is O=C(Cc1cccc2cccnc12)N(Cc1ccccc1F)C1CC1. The fourth-order valence-electron chi connectivity index (χ4n) is 3.19. The number of benzene rings is 2. The lowest BCUT2D eigenvalue weighted by Gasteiger charge is -2.23. The number of halogens is 1. The molecule has 4 heteroatoms. The molecule has 1 aromatic heterocycles. The van der Waals surface area contributed by atoms with Crippen LogP contribution in [0.2, 0.25) is 0 Å². The number of carbonyl (C=O) groups excluding carboxylic acids is 1. The number of fused-ring (bicyclic) bond motifs is 1. The molecule has 1 saturated carbocycles. The molecule has 4 rings (SSSR count). The van der Waals surface area contributed by atoms with E-state index in [2.05, 4.69) is 4.98 Å². The molecule has 0 aliphatic heterocycles. The molecule has 2 aromatic carbocycles. The van der Waals surface area contributed by atoms with Gasteiger partial charge in [-0.25, -0.2) is 4.39 Å². The molecule has 1 fully saturated rings. The Bertz CT molecular complexity index is 915. The average molecular weight is 334 g/mol. The number of hydrogen-bond donors (Lipinski definition) is 0. The van der Waals surface area contributed by atoms with Crippen molar-refractivity contribution in [1.29, 1.82) is 0 Å². The summed E-state index contributed by atoms with van der Waals surface area (Å²) in [7, 11) is 0. The molecule has 0 bridgehead atoms. The van der Waals surface area contributed by atoms with Crippen LogP contribution < -0.4 is 0 Å². The Morgan fingerprint density at radius 2 is 1.80 bits per heavy atom. The van der Waals surface area contributed by atoms with E-state index in [9.17, 15) is 9.18 Å². The van der Waals surface area contributed by atoms with Crippen molar-refractivity contribution >= 4 is 16.8 Å². The summed E-state index contributed by atoms with van der Waals surface area (Å²) in [6.07, 6.45) is 4.02. The van der Waals surface area contributed by atoms with Crippen molar-refractivity contribution in [2.75, 3.05) is 0 Å². The van der Waals surface area contributed by atoms with E-state index in [4.69, 9.17) is 0 Å². The molecule has 0 radical (unpaired) electrons. The third-order valence-corrected chi connectivity index (χ3v) is 4.66. The van der Waals surface area contributed by atoms with Crippen LogP contribution in [0.15, 0.2) is 60.8 Å². The van der Waals surface area contributed by atoms with Crippen LogP contribution in [0.4, 0.5) is 4.39 Å². The van der Waals surface area contributed by atoms with E-state index >= 15 is 0 Å². The van der Waals surface area contributed by atoms with E-state index in [1.165, 1.54) is 6.07 Å². The smallest absolute Gasteiger partial charge is 0.227 e. The second-order valence-corrected chi connectivity index (χ2v) is 6.51. The van der Waals surface area contributed by atoms with Gasteiger partial charge in [0, 0.05) is 29.7 Å². The molecule has 0 atom stereocenters. The van der Waals surface area contributed by atoms with Gasteiger partial charge in [-0.05, 0) is 30.5 Å². The fraction of sp³-hybridized carbons (Fsp3) is 0.238. The van der Waals surface area contributed by atoms with Gasteiger partial charge in [-0.2, -0.15) is 0 Å². The monoisotopic (exact) mass is 334 g/mol. The van der Waals surface area contributed by atoms with Crippen LogP contribution in [0.5, 0.6) is 0 Å². The standard InChI is InChI=1S/C21H19FN2O/c22-19-9-2-1-5-17(19)14-24(18-10-11-18)20(25)13-16-7-3-6-15-8-4-12-23-21(15)16/h1-9,12,18H,10-11,13-14H2. The molecule has 0 unspecified atom stereocenters. The van der Waals surface area contributed by atoms with Gasteiger partial charge in [0.1, 0.15) is 5.82 Å². The minimum atomic E-state index is -0.257. The number of amides is 1. The van der Waals surface area contributed by atoms with E-state index in [-0.39, 0.29) is 17.8 Å². The van der Waals surface area contributed by atoms with Crippen molar-refractivity contribution in [2.24, 2.45) is 0 Å². The lowest BCUT2D eigenvalue weighted by molar-refractivity contribution is -0.131. The number of nitrogens with zero attached hydrogens (tertiary/aromatic N) is 2. The van der Waals surface area contributed by atoms with Crippen LogP contribution in [-0.2, 0) is 17.8 Å². The van der Waals surface area contributed by atoms with E-state index in [0.29, 0.717) is 18.5 Å². The Morgan fingerprint density at radius 1 is 1.04 bits per heavy atom. The first-order valence-corrected chi connectivity index (χ1v) is 8.58. The van der Waals surface area contributed by atoms with Gasteiger partial charge in [-0.1, -0.05) is 42.5 Å². The van der Waals surface area contributed by atoms with Gasteiger partial charge >= 0.3 is 0 Å². The normalized spacial score (nSPS) is 13.8. The molecule has 3 nitrogen and oxygen atoms in total. The third-order valence-electron chi connectivity index (χ3n) is 4.66. The Kier molecular flexibility index (Phi) is 4.18. The van der Waals surface area contributed by atoms with Gasteiger partial charge in [0.2, 0.25) is 5.91 Å². The largest absolute Gasteiger partial charge is 0.335 e. The summed E-state index contributed by atoms with van der Waals surface area (Å²) in [4.78, 5) is 19.2. The second-order valence-electron chi connectivity index (χ2n) is 6.51. The first-order chi connectivity index (χ1) is 12.2. The Morgan fingerprint density at radius 3 is 2.60 bits per heavy atom. The van der Waals surface area contributed by atoms with Crippen molar-refractivity contribution in [1.82, 2.24) is 9.88 Å². The highest BCUT2D eigenvalue weighted by Gasteiger charge is 2.33. The molecular formula is C21H19FN2O. The summed E-state index contributed by atoms with van der Waals surface area (Å²) in [6, 6.07) is 16.7. The Balaban J connectivity index is 1.58. The summed E-state index contributed by atoms with van der Waals surface area (Å²) in [5.41, 5.74) is 2.35. The number of carbonyl (C=O) groups is 1. The van der Waals surface area contributed by atoms with Gasteiger partial charge in [-0.15, -0.1) is 0 Å². The Labute approximate surface area is 146 Å². The van der Waals surface area contributed by atoms with Crippen molar-refractivity contribution in [3.8, 4) is 0 Å². The van der Waals surface area contributed by atoms with Crippen LogP contribution in [-0.4, -0.2) is 21.8 Å². The zero-order valence-corrected chi connectivity index (χ0v) is 13.9. The van der Waals surface area contributed by atoms with Crippen LogP contribution in [0.3, 0.4) is 0 Å². The van der Waals surface area contributed by atoms with E-state index in [1.807, 2.05) is 41.3 Å². The van der Waals surface area contributed by atoms with Crippen molar-refractivity contribution < 1.29 is 9.18 Å². The summed E-state index contributed by atoms with van der Waals surface area (Å²) in [6.45, 7) is 0.328. The topological polar surface area (TPSA) is 33.2 Å². The van der Waals surface area contributed by atoms with Gasteiger partial charge in [0.05, 0.1) is 11.9 Å². The molecule has 1 aliphatic carbocycles. The number of pyridine rings is 1. The number of para-hydroxylation sites is 1. The summed E-state index contributed by atoms with van der Waals surface area (Å²) in [5, 5.41) is 1.03. The lowest BCUT2D eigenvalue weighted by Crippen LogP contribution is -2.34. The average Bonchev–Trinajstić information content (AvgIpc) is 3.46. The molecule has 126 valence electrons. The van der Waals surface area contributed by atoms with Crippen LogP contribution >= 0.6 is 0 Å². The van der Waals surface area contributed by atoms with Crippen molar-refractivity contribution in [2.45, 2.75) is 31.8 Å². The van der Waals surface area contributed by atoms with E-state index in [0.717, 1.165) is 29.3 Å². The maximum Gasteiger partial charge on any atom is 0.227 e. The van der Waals surface area contributed by atoms with Crippen LogP contribution in [0, 0.1) is 5.82 Å². The molecule has 1 aliphatic rings. The minimum absolute atomic E-state index is 0.0314. The van der Waals surface area contributed by atoms with Gasteiger partial charge in [0.15, 0.2) is 0 Å². The predicted octanol–water partition coefficient (Wildman–Crippen LogP) is 4.11. The maximum atomic E-state index is 14.0. The molecular weight excluding hydrogens is 315 g/mol. The van der Waals surface area contributed by atoms with Crippen LogP contribution in [0.25, 0.3) is 10.9 Å². The summed E-state index contributed by atoms with van der Waals surface area (Å²) < 4.78 is 14.0. The highest BCUT2D eigenvalue weighted by molar-refractivity contribution is 5.87. The Hall–Kier alpha value is -2.75. The van der Waals surface area contributed by atoms with E-state index in [1.54, 1.807) is 18.3 Å². The zero-order valence-electron chi connectivity index (χ0n) is 13.9. The summed E-state index contributed by atoms with van der Waals surface area (Å²) in [5.74, 6) is -0.225. The molecule has 0 N–H and O–H groups in total. The highest BCUT2D eigenvalue weighted by Crippen LogP contribution is 2.30. The highest BCUT2D eigenvalue weighted by atomic mass is 19.1. The molecule has 1 amide bonds. The molecule has 25 heavy (non-hydrogen) atoms. The summed E-state index contributed by atoms with van der Waals surface area (Å²) >= 11 is 0. The molecule has 1 heterocycles. The first-order valence-electron chi connectivity index (χ1n) is 8.58. The number of aromatic nitrogens is 1. The maximum absolute atomic E-state index is 14.0. The van der Waals surface area contributed by atoms with Crippen molar-refractivity contribution in [3.05, 3.63) is 77.7 Å². The van der Waals surface area contributed by atoms with Crippen LogP contribution in [0.1, 0.15) is 24.0 Å². The third kappa shape index (κ3) is 3.38. The fourth-order valence-corrected chi connectivity index (χ4v) is 3.19. The molecule has 3 aromatic rings. The molecule has 0 spiro atoms. The molecule has 0 saturated heterocycles. The van der Waals surface area contributed by atoms with Crippen molar-refractivity contribution in [3.63, 3.8) is 0 Å². The predicted molar refractivity (Wildman–Crippen MR) is 95.4 cm³/mol. The van der Waals surface area contributed by atoms with Gasteiger partial charge in [-0.3, -0.25) is 9.78 Å². The first kappa shape index (κ1) is 15.8. The van der Waals surface area contributed by atoms with E-state index < -0.39 is 0 Å². The van der Waals surface area contributed by atoms with Gasteiger partial charge < -0.3 is 4.90 Å². The number of rotatable bonds is 5.